The predicted octanol–water partition coefficient (Wildman–Crippen LogP) is 1.70. The highest BCUT2D eigenvalue weighted by atomic mass is 16.2. The second-order valence-corrected chi connectivity index (χ2v) is 7.27. The Morgan fingerprint density at radius 2 is 1.84 bits per heavy atom. The molecule has 1 heterocycles. The normalized spacial score (nSPS) is 17.7. The van der Waals surface area contributed by atoms with Crippen LogP contribution in [-0.4, -0.2) is 74.5 Å². The highest BCUT2D eigenvalue weighted by Crippen LogP contribution is 2.17. The molecule has 0 aromatic carbocycles. The first-order valence-corrected chi connectivity index (χ1v) is 9.53. The fourth-order valence-electron chi connectivity index (χ4n) is 3.05. The number of nitrogens with one attached hydrogen (secondary N) is 2. The lowest BCUT2D eigenvalue weighted by atomic mass is 10.0. The summed E-state index contributed by atoms with van der Waals surface area (Å²) in [5.74, 6) is 1.23. The predicted molar refractivity (Wildman–Crippen MR) is 106 cm³/mol. The Hall–Kier alpha value is -1.56. The number of hydrogen-bond acceptors (Lipinski definition) is 3. The van der Waals surface area contributed by atoms with Crippen molar-refractivity contribution in [3.63, 3.8) is 0 Å². The third-order valence-corrected chi connectivity index (χ3v) is 4.64. The number of amides is 1. The largest absolute Gasteiger partial charge is 0.355 e. The summed E-state index contributed by atoms with van der Waals surface area (Å²) in [6, 6.07) is 0.471. The summed E-state index contributed by atoms with van der Waals surface area (Å²) >= 11 is 0. The van der Waals surface area contributed by atoms with E-state index in [-0.39, 0.29) is 12.5 Å². The molecule has 1 aliphatic heterocycles. The molecule has 6 heteroatoms. The standard InChI is InChI=1S/C19H37N5O/c1-6-11-20-19(22-15-18(25)23(4)5)21-14-17(16(2)3)24-12-9-7-8-10-13-24/h6,16-17H,1,7-15H2,2-5H3,(H2,20,21,22). The fraction of sp³-hybridized carbons (Fsp3) is 0.789. The minimum Gasteiger partial charge on any atom is -0.355 e. The van der Waals surface area contributed by atoms with E-state index < -0.39 is 0 Å². The van der Waals surface area contributed by atoms with Gasteiger partial charge in [-0.2, -0.15) is 0 Å². The summed E-state index contributed by atoms with van der Waals surface area (Å²) in [5, 5.41) is 6.63. The number of guanidine groups is 1. The third kappa shape index (κ3) is 8.38. The molecule has 1 fully saturated rings. The van der Waals surface area contributed by atoms with Gasteiger partial charge in [0.15, 0.2) is 5.96 Å². The van der Waals surface area contributed by atoms with E-state index in [0.29, 0.717) is 24.5 Å². The van der Waals surface area contributed by atoms with Crippen molar-refractivity contribution in [2.45, 2.75) is 45.6 Å². The molecule has 1 atom stereocenters. The second-order valence-electron chi connectivity index (χ2n) is 7.27. The van der Waals surface area contributed by atoms with Gasteiger partial charge in [-0.25, -0.2) is 4.99 Å². The Labute approximate surface area is 153 Å². The maximum absolute atomic E-state index is 11.8. The summed E-state index contributed by atoms with van der Waals surface area (Å²) in [6.07, 6.45) is 7.05. The van der Waals surface area contributed by atoms with Crippen LogP contribution in [0.2, 0.25) is 0 Å². The molecule has 1 rings (SSSR count). The zero-order valence-electron chi connectivity index (χ0n) is 16.6. The van der Waals surface area contributed by atoms with Crippen LogP contribution in [0.3, 0.4) is 0 Å². The van der Waals surface area contributed by atoms with Gasteiger partial charge in [0.25, 0.3) is 0 Å². The molecule has 144 valence electrons. The van der Waals surface area contributed by atoms with Gasteiger partial charge in [-0.1, -0.05) is 32.8 Å². The van der Waals surface area contributed by atoms with Gasteiger partial charge in [-0.3, -0.25) is 9.69 Å². The van der Waals surface area contributed by atoms with E-state index in [1.807, 2.05) is 0 Å². The van der Waals surface area contributed by atoms with Gasteiger partial charge in [-0.05, 0) is 31.8 Å². The van der Waals surface area contributed by atoms with Crippen LogP contribution in [0, 0.1) is 5.92 Å². The van der Waals surface area contributed by atoms with Crippen molar-refractivity contribution in [3.05, 3.63) is 12.7 Å². The van der Waals surface area contributed by atoms with Crippen LogP contribution < -0.4 is 10.6 Å². The smallest absolute Gasteiger partial charge is 0.243 e. The fourth-order valence-corrected chi connectivity index (χ4v) is 3.05. The topological polar surface area (TPSA) is 60.0 Å². The van der Waals surface area contributed by atoms with Crippen LogP contribution in [-0.2, 0) is 4.79 Å². The molecule has 6 nitrogen and oxygen atoms in total. The average Bonchev–Trinajstić information content (AvgIpc) is 2.85. The number of likely N-dealkylation sites (N-methyl/N-ethyl adjacent to an activating group) is 1. The van der Waals surface area contributed by atoms with E-state index in [1.54, 1.807) is 25.1 Å². The Kier molecular flexibility index (Phi) is 10.2. The van der Waals surface area contributed by atoms with Crippen molar-refractivity contribution in [1.29, 1.82) is 0 Å². The van der Waals surface area contributed by atoms with Gasteiger partial charge >= 0.3 is 0 Å². The van der Waals surface area contributed by atoms with E-state index in [4.69, 9.17) is 0 Å². The van der Waals surface area contributed by atoms with E-state index in [0.717, 1.165) is 6.54 Å². The maximum atomic E-state index is 11.8. The van der Waals surface area contributed by atoms with Crippen LogP contribution >= 0.6 is 0 Å². The van der Waals surface area contributed by atoms with Crippen LogP contribution in [0.5, 0.6) is 0 Å². The number of carbonyl (C=O) groups excluding carboxylic acids is 1. The van der Waals surface area contributed by atoms with Crippen LogP contribution in [0.15, 0.2) is 17.6 Å². The quantitative estimate of drug-likeness (QED) is 0.397. The molecule has 1 aliphatic rings. The van der Waals surface area contributed by atoms with Gasteiger partial charge in [0.1, 0.15) is 6.54 Å². The zero-order chi connectivity index (χ0) is 18.7. The van der Waals surface area contributed by atoms with Crippen molar-refractivity contribution in [3.8, 4) is 0 Å². The second kappa shape index (κ2) is 11.9. The lowest BCUT2D eigenvalue weighted by Crippen LogP contribution is -2.50. The molecule has 0 aromatic heterocycles. The van der Waals surface area contributed by atoms with Crippen molar-refractivity contribution in [1.82, 2.24) is 20.4 Å². The first kappa shape index (κ1) is 21.5. The molecule has 0 bridgehead atoms. The van der Waals surface area contributed by atoms with E-state index >= 15 is 0 Å². The number of hydrogen-bond donors (Lipinski definition) is 2. The molecular weight excluding hydrogens is 314 g/mol. The Morgan fingerprint density at radius 3 is 2.36 bits per heavy atom. The summed E-state index contributed by atoms with van der Waals surface area (Å²) in [5.41, 5.74) is 0. The Morgan fingerprint density at radius 1 is 1.20 bits per heavy atom. The molecule has 0 radical (unpaired) electrons. The zero-order valence-corrected chi connectivity index (χ0v) is 16.6. The van der Waals surface area contributed by atoms with Gasteiger partial charge in [-0.15, -0.1) is 6.58 Å². The Balaban J connectivity index is 2.67. The van der Waals surface area contributed by atoms with Crippen molar-refractivity contribution in [2.75, 3.05) is 46.8 Å². The summed E-state index contributed by atoms with van der Waals surface area (Å²) in [7, 11) is 3.49. The lowest BCUT2D eigenvalue weighted by molar-refractivity contribution is -0.127. The van der Waals surface area contributed by atoms with Crippen LogP contribution in [0.4, 0.5) is 0 Å². The average molecular weight is 352 g/mol. The van der Waals surface area contributed by atoms with Gasteiger partial charge < -0.3 is 15.5 Å². The number of nitrogens with zero attached hydrogens (tertiary/aromatic N) is 3. The van der Waals surface area contributed by atoms with E-state index in [1.165, 1.54) is 38.8 Å². The molecule has 0 saturated carbocycles. The molecule has 25 heavy (non-hydrogen) atoms. The number of aliphatic imine (C=N–C) groups is 1. The summed E-state index contributed by atoms with van der Waals surface area (Å²) < 4.78 is 0. The number of likely N-dealkylation sites (tertiary alicyclic amines) is 1. The molecule has 1 saturated heterocycles. The highest BCUT2D eigenvalue weighted by Gasteiger charge is 2.22. The summed E-state index contributed by atoms with van der Waals surface area (Å²) in [4.78, 5) is 20.4. The lowest BCUT2D eigenvalue weighted by Gasteiger charge is -2.34. The molecule has 0 aromatic rings. The molecule has 2 N–H and O–H groups in total. The van der Waals surface area contributed by atoms with Crippen LogP contribution in [0.25, 0.3) is 0 Å². The minimum absolute atomic E-state index is 0.00682. The first-order valence-electron chi connectivity index (χ1n) is 9.53. The van der Waals surface area contributed by atoms with E-state index in [9.17, 15) is 4.79 Å². The monoisotopic (exact) mass is 351 g/mol. The SMILES string of the molecule is C=CCNC(=NCC(=O)N(C)C)NCC(C(C)C)N1CCCCCC1. The van der Waals surface area contributed by atoms with Gasteiger partial charge in [0.2, 0.25) is 5.91 Å². The van der Waals surface area contributed by atoms with Crippen molar-refractivity contribution in [2.24, 2.45) is 10.9 Å². The first-order chi connectivity index (χ1) is 12.0. The van der Waals surface area contributed by atoms with Gasteiger partial charge in [0, 0.05) is 33.2 Å². The van der Waals surface area contributed by atoms with Crippen molar-refractivity contribution >= 4 is 11.9 Å². The van der Waals surface area contributed by atoms with Gasteiger partial charge in [0.05, 0.1) is 0 Å². The molecule has 0 spiro atoms. The minimum atomic E-state index is -0.00682. The maximum Gasteiger partial charge on any atom is 0.243 e. The molecule has 1 unspecified atom stereocenters. The van der Waals surface area contributed by atoms with E-state index in [2.05, 4.69) is 41.0 Å². The molecular formula is C19H37N5O. The number of carbonyl (C=O) groups is 1. The van der Waals surface area contributed by atoms with Crippen molar-refractivity contribution < 1.29 is 4.79 Å². The molecule has 1 amide bonds. The number of rotatable bonds is 8. The summed E-state index contributed by atoms with van der Waals surface area (Å²) in [6.45, 7) is 12.2. The van der Waals surface area contributed by atoms with Crippen LogP contribution in [0.1, 0.15) is 39.5 Å². The molecule has 0 aliphatic carbocycles. The Bertz CT molecular complexity index is 426. The highest BCUT2D eigenvalue weighted by molar-refractivity contribution is 5.84. The third-order valence-electron chi connectivity index (χ3n) is 4.64.